The predicted octanol–water partition coefficient (Wildman–Crippen LogP) is 3.06. The van der Waals surface area contributed by atoms with Gasteiger partial charge in [-0.3, -0.25) is 4.99 Å². The average molecular weight is 368 g/mol. The Morgan fingerprint density at radius 1 is 1.32 bits per heavy atom. The molecule has 1 heterocycles. The maximum absolute atomic E-state index is 6.00. The summed E-state index contributed by atoms with van der Waals surface area (Å²) < 4.78 is 6.65. The summed E-state index contributed by atoms with van der Waals surface area (Å²) in [6, 6.07) is 8.55. The van der Waals surface area contributed by atoms with Crippen LogP contribution in [0.5, 0.6) is 0 Å². The Hall–Kier alpha value is -1.07. The van der Waals surface area contributed by atoms with E-state index in [-0.39, 0.29) is 5.41 Å². The molecule has 2 rings (SSSR count). The second-order valence-electron chi connectivity index (χ2n) is 6.38. The molecule has 1 aliphatic heterocycles. The van der Waals surface area contributed by atoms with Crippen LogP contribution in [0, 0.1) is 5.92 Å². The Kier molecular flexibility index (Phi) is 6.26. The van der Waals surface area contributed by atoms with Crippen molar-refractivity contribution in [2.24, 2.45) is 16.6 Å². The van der Waals surface area contributed by atoms with E-state index >= 15 is 0 Å². The molecule has 3 N–H and O–H groups in total. The lowest BCUT2D eigenvalue weighted by Crippen LogP contribution is -2.40. The molecule has 1 saturated heterocycles. The smallest absolute Gasteiger partial charge is 0.188 e. The van der Waals surface area contributed by atoms with Gasteiger partial charge in [-0.15, -0.1) is 0 Å². The third kappa shape index (κ3) is 4.71. The molecule has 0 aromatic heterocycles. The van der Waals surface area contributed by atoms with E-state index < -0.39 is 0 Å². The SMILES string of the molecule is CC(C)CNC(N)=NCC1(c2ccc(Br)cc2)CCOCC1. The lowest BCUT2D eigenvalue weighted by Gasteiger charge is -2.36. The topological polar surface area (TPSA) is 59.6 Å². The van der Waals surface area contributed by atoms with Gasteiger partial charge in [0, 0.05) is 29.6 Å². The summed E-state index contributed by atoms with van der Waals surface area (Å²) in [5, 5.41) is 3.19. The minimum atomic E-state index is 0.0308. The maximum atomic E-state index is 6.00. The van der Waals surface area contributed by atoms with Crippen LogP contribution >= 0.6 is 15.9 Å². The Labute approximate surface area is 141 Å². The van der Waals surface area contributed by atoms with Crippen molar-refractivity contribution in [1.29, 1.82) is 0 Å². The molecule has 1 fully saturated rings. The van der Waals surface area contributed by atoms with Crippen LogP contribution in [0.1, 0.15) is 32.3 Å². The number of nitrogens with zero attached hydrogens (tertiary/aromatic N) is 1. The molecular formula is C17H26BrN3O. The first-order valence-electron chi connectivity index (χ1n) is 7.89. The molecule has 22 heavy (non-hydrogen) atoms. The van der Waals surface area contributed by atoms with Crippen LogP contribution < -0.4 is 11.1 Å². The van der Waals surface area contributed by atoms with Gasteiger partial charge in [-0.1, -0.05) is 41.9 Å². The molecule has 5 heteroatoms. The second kappa shape index (κ2) is 7.97. The quantitative estimate of drug-likeness (QED) is 0.620. The molecule has 0 amide bonds. The molecule has 0 unspecified atom stereocenters. The highest BCUT2D eigenvalue weighted by molar-refractivity contribution is 9.10. The van der Waals surface area contributed by atoms with Crippen LogP contribution in [0.4, 0.5) is 0 Å². The van der Waals surface area contributed by atoms with Crippen LogP contribution in [-0.2, 0) is 10.2 Å². The van der Waals surface area contributed by atoms with Gasteiger partial charge in [0.05, 0.1) is 6.54 Å². The molecule has 0 spiro atoms. The zero-order chi connectivity index (χ0) is 16.0. The molecule has 0 saturated carbocycles. The normalized spacial score (nSPS) is 18.5. The zero-order valence-corrected chi connectivity index (χ0v) is 15.0. The number of guanidine groups is 1. The van der Waals surface area contributed by atoms with Crippen LogP contribution in [0.15, 0.2) is 33.7 Å². The van der Waals surface area contributed by atoms with Crippen LogP contribution in [0.25, 0.3) is 0 Å². The summed E-state index contributed by atoms with van der Waals surface area (Å²) in [5.74, 6) is 1.09. The number of benzene rings is 1. The van der Waals surface area contributed by atoms with Gasteiger partial charge in [-0.2, -0.15) is 0 Å². The van der Waals surface area contributed by atoms with E-state index in [1.165, 1.54) is 5.56 Å². The predicted molar refractivity (Wildman–Crippen MR) is 95.2 cm³/mol. The Balaban J connectivity index is 2.12. The van der Waals surface area contributed by atoms with E-state index in [4.69, 9.17) is 10.5 Å². The maximum Gasteiger partial charge on any atom is 0.188 e. The van der Waals surface area contributed by atoms with Crippen LogP contribution in [0.3, 0.4) is 0 Å². The van der Waals surface area contributed by atoms with E-state index in [2.05, 4.69) is 64.4 Å². The first-order valence-corrected chi connectivity index (χ1v) is 8.69. The van der Waals surface area contributed by atoms with Crippen molar-refractivity contribution in [1.82, 2.24) is 5.32 Å². The first-order chi connectivity index (χ1) is 10.5. The van der Waals surface area contributed by atoms with Gasteiger partial charge >= 0.3 is 0 Å². The molecule has 0 aliphatic carbocycles. The highest BCUT2D eigenvalue weighted by Gasteiger charge is 2.34. The van der Waals surface area contributed by atoms with E-state index in [9.17, 15) is 0 Å². The molecule has 0 bridgehead atoms. The number of hydrogen-bond donors (Lipinski definition) is 2. The van der Waals surface area contributed by atoms with Crippen molar-refractivity contribution in [3.63, 3.8) is 0 Å². The number of nitrogens with one attached hydrogen (secondary N) is 1. The Bertz CT molecular complexity index is 493. The van der Waals surface area contributed by atoms with Crippen LogP contribution in [-0.4, -0.2) is 32.3 Å². The molecule has 1 aromatic rings. The molecule has 1 aliphatic rings. The third-order valence-corrected chi connectivity index (χ3v) is 4.68. The number of hydrogen-bond acceptors (Lipinski definition) is 2. The van der Waals surface area contributed by atoms with E-state index in [0.717, 1.165) is 37.1 Å². The molecule has 1 aromatic carbocycles. The van der Waals surface area contributed by atoms with Crippen molar-refractivity contribution in [2.45, 2.75) is 32.1 Å². The van der Waals surface area contributed by atoms with Crippen molar-refractivity contribution in [3.05, 3.63) is 34.3 Å². The van der Waals surface area contributed by atoms with E-state index in [0.29, 0.717) is 18.4 Å². The highest BCUT2D eigenvalue weighted by Crippen LogP contribution is 2.35. The molecule has 4 nitrogen and oxygen atoms in total. The zero-order valence-electron chi connectivity index (χ0n) is 13.4. The fourth-order valence-corrected chi connectivity index (χ4v) is 2.97. The Morgan fingerprint density at radius 2 is 1.95 bits per heavy atom. The number of aliphatic imine (C=N–C) groups is 1. The van der Waals surface area contributed by atoms with Gasteiger partial charge in [0.25, 0.3) is 0 Å². The second-order valence-corrected chi connectivity index (χ2v) is 7.29. The van der Waals surface area contributed by atoms with Gasteiger partial charge in [0.1, 0.15) is 0 Å². The van der Waals surface area contributed by atoms with Gasteiger partial charge in [0.2, 0.25) is 0 Å². The molecule has 122 valence electrons. The number of halogens is 1. The molecule has 0 atom stereocenters. The monoisotopic (exact) mass is 367 g/mol. The Morgan fingerprint density at radius 3 is 2.55 bits per heavy atom. The first kappa shape index (κ1) is 17.3. The van der Waals surface area contributed by atoms with Crippen molar-refractivity contribution in [2.75, 3.05) is 26.3 Å². The summed E-state index contributed by atoms with van der Waals surface area (Å²) in [5.41, 5.74) is 7.35. The van der Waals surface area contributed by atoms with Crippen LogP contribution in [0.2, 0.25) is 0 Å². The van der Waals surface area contributed by atoms with Gasteiger partial charge < -0.3 is 15.8 Å². The molecular weight excluding hydrogens is 342 g/mol. The van der Waals surface area contributed by atoms with Gasteiger partial charge in [-0.25, -0.2) is 0 Å². The van der Waals surface area contributed by atoms with E-state index in [1.807, 2.05) is 0 Å². The van der Waals surface area contributed by atoms with Crippen molar-refractivity contribution < 1.29 is 4.74 Å². The summed E-state index contributed by atoms with van der Waals surface area (Å²) in [6.45, 7) is 7.43. The lowest BCUT2D eigenvalue weighted by atomic mass is 9.74. The highest BCUT2D eigenvalue weighted by atomic mass is 79.9. The van der Waals surface area contributed by atoms with E-state index in [1.54, 1.807) is 0 Å². The fourth-order valence-electron chi connectivity index (χ4n) is 2.70. The van der Waals surface area contributed by atoms with Crippen molar-refractivity contribution in [3.8, 4) is 0 Å². The van der Waals surface area contributed by atoms with Gasteiger partial charge in [0.15, 0.2) is 5.96 Å². The number of nitrogens with two attached hydrogens (primary N) is 1. The minimum absolute atomic E-state index is 0.0308. The third-order valence-electron chi connectivity index (χ3n) is 4.15. The van der Waals surface area contributed by atoms with Crippen molar-refractivity contribution >= 4 is 21.9 Å². The largest absolute Gasteiger partial charge is 0.381 e. The summed E-state index contributed by atoms with van der Waals surface area (Å²) in [4.78, 5) is 4.61. The van der Waals surface area contributed by atoms with Gasteiger partial charge in [-0.05, 0) is 36.5 Å². The number of ether oxygens (including phenoxy) is 1. The minimum Gasteiger partial charge on any atom is -0.381 e. The fraction of sp³-hybridized carbons (Fsp3) is 0.588. The number of rotatable bonds is 5. The summed E-state index contributed by atoms with van der Waals surface area (Å²) in [7, 11) is 0. The standard InChI is InChI=1S/C17H26BrN3O/c1-13(2)11-20-16(19)21-12-17(7-9-22-10-8-17)14-3-5-15(18)6-4-14/h3-6,13H,7-12H2,1-2H3,(H3,19,20,21). The molecule has 0 radical (unpaired) electrons. The summed E-state index contributed by atoms with van der Waals surface area (Å²) in [6.07, 6.45) is 1.96. The average Bonchev–Trinajstić information content (AvgIpc) is 2.52. The lowest BCUT2D eigenvalue weighted by molar-refractivity contribution is 0.0531. The summed E-state index contributed by atoms with van der Waals surface area (Å²) >= 11 is 3.50.